The van der Waals surface area contributed by atoms with E-state index in [1.54, 1.807) is 12.4 Å². The van der Waals surface area contributed by atoms with E-state index in [0.29, 0.717) is 10.6 Å². The Bertz CT molecular complexity index is 2280. The first kappa shape index (κ1) is 33.2. The predicted molar refractivity (Wildman–Crippen MR) is 217 cm³/mol. The summed E-state index contributed by atoms with van der Waals surface area (Å²) in [5.74, 6) is 0. The van der Waals surface area contributed by atoms with Crippen molar-refractivity contribution >= 4 is 46.1 Å². The summed E-state index contributed by atoms with van der Waals surface area (Å²) in [4.78, 5) is 9.41. The summed E-state index contributed by atoms with van der Waals surface area (Å²) in [6.45, 7) is 0. The second kappa shape index (κ2) is 14.4. The summed E-state index contributed by atoms with van der Waals surface area (Å²) >= 11 is 0. The lowest BCUT2D eigenvalue weighted by atomic mass is 10.00. The van der Waals surface area contributed by atoms with Crippen molar-refractivity contribution in [1.82, 2.24) is 9.97 Å². The minimum atomic E-state index is -3.43. The third kappa shape index (κ3) is 6.07. The zero-order chi connectivity index (χ0) is 35.4. The predicted octanol–water partition coefficient (Wildman–Crippen LogP) is 8.76. The highest BCUT2D eigenvalue weighted by Gasteiger charge is 2.35. The maximum absolute atomic E-state index is 16.0. The van der Waals surface area contributed by atoms with Crippen LogP contribution in [0.3, 0.4) is 0 Å². The molecule has 6 aromatic carbocycles. The number of nitrogens with zero attached hydrogens (tertiary/aromatic N) is 2. The van der Waals surface area contributed by atoms with Crippen molar-refractivity contribution in [2.45, 2.75) is 0 Å². The molecular formula is C46H34N2O2P2. The molecule has 6 heteroatoms. The molecule has 2 heterocycles. The van der Waals surface area contributed by atoms with Gasteiger partial charge in [-0.05, 0) is 47.5 Å². The number of benzene rings is 6. The van der Waals surface area contributed by atoms with Crippen LogP contribution >= 0.6 is 14.3 Å². The molecule has 0 aliphatic carbocycles. The molecule has 52 heavy (non-hydrogen) atoms. The van der Waals surface area contributed by atoms with E-state index in [1.165, 1.54) is 0 Å². The van der Waals surface area contributed by atoms with Gasteiger partial charge in [-0.1, -0.05) is 158 Å². The topological polar surface area (TPSA) is 59.9 Å². The Morgan fingerprint density at radius 2 is 0.635 bits per heavy atom. The Morgan fingerprint density at radius 3 is 0.923 bits per heavy atom. The number of hydrogen-bond donors (Lipinski definition) is 0. The van der Waals surface area contributed by atoms with Crippen LogP contribution < -0.4 is 31.8 Å². The number of hydrogen-bond acceptors (Lipinski definition) is 4. The SMILES string of the molecule is O=P(c1ccccc1)(c1ccccc1)c1cc(-c2ccc(-c3ccccn3)c(P(=O)(c3ccccc3)c3ccccc3)c2)ccc1-c1ccccn1. The largest absolute Gasteiger partial charge is 0.309 e. The highest BCUT2D eigenvalue weighted by molar-refractivity contribution is 7.86. The fourth-order valence-electron chi connectivity index (χ4n) is 6.83. The van der Waals surface area contributed by atoms with Gasteiger partial charge < -0.3 is 9.13 Å². The van der Waals surface area contributed by atoms with Crippen molar-refractivity contribution in [2.24, 2.45) is 0 Å². The quantitative estimate of drug-likeness (QED) is 0.141. The van der Waals surface area contributed by atoms with Crippen LogP contribution in [0.1, 0.15) is 0 Å². The van der Waals surface area contributed by atoms with Gasteiger partial charge in [-0.2, -0.15) is 0 Å². The lowest BCUT2D eigenvalue weighted by Gasteiger charge is -2.25. The smallest absolute Gasteiger partial charge is 0.171 e. The van der Waals surface area contributed by atoms with Crippen LogP contribution in [0.4, 0.5) is 0 Å². The van der Waals surface area contributed by atoms with E-state index in [-0.39, 0.29) is 0 Å². The molecule has 250 valence electrons. The van der Waals surface area contributed by atoms with Gasteiger partial charge in [0, 0.05) is 55.3 Å². The van der Waals surface area contributed by atoms with E-state index in [0.717, 1.165) is 54.9 Å². The van der Waals surface area contributed by atoms with Gasteiger partial charge in [0.1, 0.15) is 0 Å². The van der Waals surface area contributed by atoms with Crippen molar-refractivity contribution in [3.63, 3.8) is 0 Å². The molecule has 4 nitrogen and oxygen atoms in total. The van der Waals surface area contributed by atoms with Crippen LogP contribution in [0.15, 0.2) is 207 Å². The lowest BCUT2D eigenvalue weighted by molar-refractivity contribution is 0.591. The number of pyridine rings is 2. The van der Waals surface area contributed by atoms with E-state index in [2.05, 4.69) is 0 Å². The fourth-order valence-corrected chi connectivity index (χ4v) is 12.6. The van der Waals surface area contributed by atoms with Gasteiger partial charge in [0.25, 0.3) is 0 Å². The summed E-state index contributed by atoms with van der Waals surface area (Å²) in [5.41, 5.74) is 4.77. The third-order valence-corrected chi connectivity index (χ3v) is 15.6. The first-order valence-corrected chi connectivity index (χ1v) is 20.5. The molecule has 0 aliphatic rings. The molecule has 8 rings (SSSR count). The lowest BCUT2D eigenvalue weighted by Crippen LogP contribution is -2.27. The zero-order valence-corrected chi connectivity index (χ0v) is 30.0. The summed E-state index contributed by atoms with van der Waals surface area (Å²) in [5, 5.41) is 4.31. The van der Waals surface area contributed by atoms with Crippen LogP contribution in [-0.4, -0.2) is 9.97 Å². The molecule has 0 fully saturated rings. The first-order chi connectivity index (χ1) is 25.6. The zero-order valence-electron chi connectivity index (χ0n) is 28.2. The van der Waals surface area contributed by atoms with E-state index in [9.17, 15) is 0 Å². The van der Waals surface area contributed by atoms with E-state index >= 15 is 9.13 Å². The Hall–Kier alpha value is -5.92. The molecule has 0 radical (unpaired) electrons. The molecular weight excluding hydrogens is 674 g/mol. The second-order valence-electron chi connectivity index (χ2n) is 12.5. The fraction of sp³-hybridized carbons (Fsp3) is 0. The molecule has 0 spiro atoms. The van der Waals surface area contributed by atoms with Crippen molar-refractivity contribution < 1.29 is 9.13 Å². The van der Waals surface area contributed by atoms with Crippen molar-refractivity contribution in [1.29, 1.82) is 0 Å². The highest BCUT2D eigenvalue weighted by atomic mass is 31.2. The number of aromatic nitrogens is 2. The molecule has 0 amide bonds. The van der Waals surface area contributed by atoms with Crippen molar-refractivity contribution in [2.75, 3.05) is 0 Å². The molecule has 0 saturated carbocycles. The number of rotatable bonds is 9. The van der Waals surface area contributed by atoms with Crippen LogP contribution in [0.5, 0.6) is 0 Å². The van der Waals surface area contributed by atoms with Crippen LogP contribution in [-0.2, 0) is 9.13 Å². The summed E-state index contributed by atoms with van der Waals surface area (Å²) in [6.07, 6.45) is 3.52. The Kier molecular flexibility index (Phi) is 9.18. The van der Waals surface area contributed by atoms with Gasteiger partial charge >= 0.3 is 0 Å². The van der Waals surface area contributed by atoms with E-state index in [4.69, 9.17) is 9.97 Å². The normalized spacial score (nSPS) is 11.6. The maximum atomic E-state index is 16.0. The second-order valence-corrected chi connectivity index (χ2v) is 17.9. The van der Waals surface area contributed by atoms with Crippen LogP contribution in [0.25, 0.3) is 33.6 Å². The first-order valence-electron chi connectivity index (χ1n) is 17.1. The van der Waals surface area contributed by atoms with Gasteiger partial charge in [-0.3, -0.25) is 9.97 Å². The Labute approximate surface area is 304 Å². The van der Waals surface area contributed by atoms with E-state index < -0.39 is 14.3 Å². The summed E-state index contributed by atoms with van der Waals surface area (Å²) in [6, 6.07) is 62.6. The van der Waals surface area contributed by atoms with Gasteiger partial charge in [0.05, 0.1) is 11.4 Å². The van der Waals surface area contributed by atoms with Gasteiger partial charge in [0.2, 0.25) is 0 Å². The Balaban J connectivity index is 1.42. The highest BCUT2D eigenvalue weighted by Crippen LogP contribution is 2.48. The van der Waals surface area contributed by atoms with Gasteiger partial charge in [-0.15, -0.1) is 0 Å². The molecule has 0 bridgehead atoms. The van der Waals surface area contributed by atoms with E-state index in [1.807, 2.05) is 194 Å². The average molecular weight is 709 g/mol. The minimum Gasteiger partial charge on any atom is -0.309 e. The van der Waals surface area contributed by atoms with Gasteiger partial charge in [-0.25, -0.2) is 0 Å². The summed E-state index contributed by atoms with van der Waals surface area (Å²) < 4.78 is 31.9. The molecule has 2 aromatic heterocycles. The van der Waals surface area contributed by atoms with Gasteiger partial charge in [0.15, 0.2) is 14.3 Å². The monoisotopic (exact) mass is 708 g/mol. The van der Waals surface area contributed by atoms with Crippen LogP contribution in [0.2, 0.25) is 0 Å². The molecule has 8 aromatic rings. The molecule has 0 aliphatic heterocycles. The summed E-state index contributed by atoms with van der Waals surface area (Å²) in [7, 11) is -6.86. The standard InChI is InChI=1S/C46H34N2O2P2/c49-51(37-17-5-1-6-18-37,38-19-7-2-8-20-38)45-33-35(27-29-41(45)43-25-13-15-31-47-43)36-28-30-42(44-26-14-16-32-48-44)46(34-36)52(50,39-21-9-3-10-22-39)40-23-11-4-12-24-40/h1-34H. The third-order valence-electron chi connectivity index (χ3n) is 9.37. The molecule has 0 unspecified atom stereocenters. The molecule has 0 N–H and O–H groups in total. The minimum absolute atomic E-state index is 0.686. The molecule has 0 saturated heterocycles. The molecule has 0 atom stereocenters. The Morgan fingerprint density at radius 1 is 0.327 bits per heavy atom. The van der Waals surface area contributed by atoms with Crippen LogP contribution in [0, 0.1) is 0 Å². The van der Waals surface area contributed by atoms with Crippen molar-refractivity contribution in [3.8, 4) is 33.6 Å². The maximum Gasteiger partial charge on any atom is 0.171 e. The van der Waals surface area contributed by atoms with Crippen molar-refractivity contribution in [3.05, 3.63) is 207 Å². The average Bonchev–Trinajstić information content (AvgIpc) is 3.24.